The predicted molar refractivity (Wildman–Crippen MR) is 100 cm³/mol. The molecule has 0 N–H and O–H groups in total. The molecule has 3 heteroatoms. The van der Waals surface area contributed by atoms with Crippen LogP contribution in [0.4, 0.5) is 0 Å². The van der Waals surface area contributed by atoms with Crippen LogP contribution >= 0.6 is 0 Å². The summed E-state index contributed by atoms with van der Waals surface area (Å²) in [6, 6.07) is 20.4. The van der Waals surface area contributed by atoms with Gasteiger partial charge in [-0.3, -0.25) is 4.79 Å². The van der Waals surface area contributed by atoms with Crippen molar-refractivity contribution >= 4 is 5.91 Å². The first kappa shape index (κ1) is 17.0. The van der Waals surface area contributed by atoms with Gasteiger partial charge in [0.2, 0.25) is 0 Å². The summed E-state index contributed by atoms with van der Waals surface area (Å²) in [5, 5.41) is 0. The molecule has 3 aromatic rings. The fourth-order valence-corrected chi connectivity index (χ4v) is 2.78. The van der Waals surface area contributed by atoms with Crippen molar-refractivity contribution in [3.05, 3.63) is 83.8 Å². The molecule has 1 amide bonds. The van der Waals surface area contributed by atoms with E-state index in [4.69, 9.17) is 4.42 Å². The van der Waals surface area contributed by atoms with Gasteiger partial charge in [-0.25, -0.2) is 0 Å². The summed E-state index contributed by atoms with van der Waals surface area (Å²) < 4.78 is 5.26. The number of carbonyl (C=O) groups excluding carboxylic acids is 1. The Hall–Kier alpha value is -2.81. The van der Waals surface area contributed by atoms with Crippen molar-refractivity contribution in [1.29, 1.82) is 0 Å². The normalized spacial score (nSPS) is 10.9. The Bertz CT molecular complexity index is 815. The molecule has 3 rings (SSSR count). The molecule has 2 aromatic carbocycles. The first-order chi connectivity index (χ1) is 12.0. The van der Waals surface area contributed by atoms with Gasteiger partial charge in [0.1, 0.15) is 0 Å². The highest BCUT2D eigenvalue weighted by Gasteiger charge is 2.21. The molecule has 0 saturated heterocycles. The third kappa shape index (κ3) is 4.00. The number of amides is 1. The van der Waals surface area contributed by atoms with Crippen molar-refractivity contribution in [3.8, 4) is 11.1 Å². The van der Waals surface area contributed by atoms with Crippen molar-refractivity contribution in [3.63, 3.8) is 0 Å². The van der Waals surface area contributed by atoms with Gasteiger partial charge in [0.05, 0.1) is 6.26 Å². The van der Waals surface area contributed by atoms with Gasteiger partial charge < -0.3 is 9.32 Å². The van der Waals surface area contributed by atoms with Gasteiger partial charge in [-0.1, -0.05) is 54.1 Å². The van der Waals surface area contributed by atoms with E-state index >= 15 is 0 Å². The maximum atomic E-state index is 12.6. The highest BCUT2D eigenvalue weighted by molar-refractivity contribution is 5.91. The minimum atomic E-state index is -0.0809. The molecule has 0 fully saturated rings. The Labute approximate surface area is 148 Å². The van der Waals surface area contributed by atoms with Crippen LogP contribution in [-0.4, -0.2) is 16.8 Å². The van der Waals surface area contributed by atoms with Gasteiger partial charge in [0, 0.05) is 12.6 Å². The van der Waals surface area contributed by atoms with Crippen LogP contribution in [0, 0.1) is 6.92 Å². The molecule has 0 saturated carbocycles. The summed E-state index contributed by atoms with van der Waals surface area (Å²) in [5.41, 5.74) is 4.73. The standard InChI is InChI=1S/C22H23NO2/c1-16(2)23(22(24)21-5-4-14-25-21)15-18-8-12-20(13-9-18)19-10-6-17(3)7-11-19/h4-14,16H,15H2,1-3H3. The average molecular weight is 333 g/mol. The van der Waals surface area contributed by atoms with E-state index in [0.29, 0.717) is 12.3 Å². The third-order valence-electron chi connectivity index (χ3n) is 4.31. The summed E-state index contributed by atoms with van der Waals surface area (Å²) in [6.45, 7) is 6.68. The van der Waals surface area contributed by atoms with Crippen molar-refractivity contribution < 1.29 is 9.21 Å². The maximum absolute atomic E-state index is 12.6. The molecule has 0 atom stereocenters. The number of hydrogen-bond acceptors (Lipinski definition) is 2. The quantitative estimate of drug-likeness (QED) is 0.634. The zero-order chi connectivity index (χ0) is 17.8. The van der Waals surface area contributed by atoms with E-state index in [1.54, 1.807) is 12.1 Å². The Morgan fingerprint density at radius 3 is 2.08 bits per heavy atom. The number of nitrogens with zero attached hydrogens (tertiary/aromatic N) is 1. The molecule has 0 aliphatic heterocycles. The smallest absolute Gasteiger partial charge is 0.290 e. The van der Waals surface area contributed by atoms with Crippen LogP contribution < -0.4 is 0 Å². The molecule has 1 heterocycles. The van der Waals surface area contributed by atoms with Crippen LogP contribution in [0.25, 0.3) is 11.1 Å². The molecular weight excluding hydrogens is 310 g/mol. The number of hydrogen-bond donors (Lipinski definition) is 0. The lowest BCUT2D eigenvalue weighted by Crippen LogP contribution is -2.36. The Kier molecular flexibility index (Phi) is 5.03. The average Bonchev–Trinajstić information content (AvgIpc) is 3.15. The highest BCUT2D eigenvalue weighted by Crippen LogP contribution is 2.21. The van der Waals surface area contributed by atoms with Crippen LogP contribution in [0.3, 0.4) is 0 Å². The van der Waals surface area contributed by atoms with Crippen LogP contribution in [0.15, 0.2) is 71.3 Å². The van der Waals surface area contributed by atoms with Crippen LogP contribution in [0.2, 0.25) is 0 Å². The van der Waals surface area contributed by atoms with Gasteiger partial charge in [-0.05, 0) is 49.6 Å². The predicted octanol–water partition coefficient (Wildman–Crippen LogP) is 5.31. The third-order valence-corrected chi connectivity index (χ3v) is 4.31. The summed E-state index contributed by atoms with van der Waals surface area (Å²) >= 11 is 0. The second-order valence-corrected chi connectivity index (χ2v) is 6.57. The maximum Gasteiger partial charge on any atom is 0.290 e. The number of carbonyl (C=O) groups is 1. The van der Waals surface area contributed by atoms with Crippen LogP contribution in [0.1, 0.15) is 35.5 Å². The molecule has 0 unspecified atom stereocenters. The molecule has 0 spiro atoms. The zero-order valence-electron chi connectivity index (χ0n) is 14.9. The van der Waals surface area contributed by atoms with Crippen LogP contribution in [0.5, 0.6) is 0 Å². The molecule has 0 aliphatic carbocycles. The number of furan rings is 1. The molecule has 128 valence electrons. The van der Waals surface area contributed by atoms with Crippen molar-refractivity contribution in [2.45, 2.75) is 33.4 Å². The Morgan fingerprint density at radius 1 is 0.960 bits per heavy atom. The van der Waals surface area contributed by atoms with E-state index in [0.717, 1.165) is 5.56 Å². The lowest BCUT2D eigenvalue weighted by atomic mass is 10.0. The molecule has 25 heavy (non-hydrogen) atoms. The Morgan fingerprint density at radius 2 is 1.56 bits per heavy atom. The second kappa shape index (κ2) is 7.39. The van der Waals surface area contributed by atoms with Gasteiger partial charge in [-0.15, -0.1) is 0 Å². The molecule has 0 radical (unpaired) electrons. The minimum absolute atomic E-state index is 0.0809. The summed E-state index contributed by atoms with van der Waals surface area (Å²) in [7, 11) is 0. The molecule has 0 aliphatic rings. The fraction of sp³-hybridized carbons (Fsp3) is 0.227. The largest absolute Gasteiger partial charge is 0.459 e. The molecular formula is C22H23NO2. The van der Waals surface area contributed by atoms with Gasteiger partial charge in [0.15, 0.2) is 5.76 Å². The monoisotopic (exact) mass is 333 g/mol. The first-order valence-corrected chi connectivity index (χ1v) is 8.55. The first-order valence-electron chi connectivity index (χ1n) is 8.55. The fourth-order valence-electron chi connectivity index (χ4n) is 2.78. The lowest BCUT2D eigenvalue weighted by molar-refractivity contribution is 0.0657. The molecule has 1 aromatic heterocycles. The van der Waals surface area contributed by atoms with Crippen molar-refractivity contribution in [2.24, 2.45) is 0 Å². The van der Waals surface area contributed by atoms with Gasteiger partial charge >= 0.3 is 0 Å². The van der Waals surface area contributed by atoms with E-state index in [2.05, 4.69) is 55.5 Å². The van der Waals surface area contributed by atoms with Crippen molar-refractivity contribution in [1.82, 2.24) is 4.90 Å². The summed E-state index contributed by atoms with van der Waals surface area (Å²) in [5.74, 6) is 0.299. The van der Waals surface area contributed by atoms with E-state index in [1.165, 1.54) is 23.0 Å². The van der Waals surface area contributed by atoms with E-state index in [-0.39, 0.29) is 11.9 Å². The highest BCUT2D eigenvalue weighted by atomic mass is 16.3. The number of benzene rings is 2. The number of rotatable bonds is 5. The SMILES string of the molecule is Cc1ccc(-c2ccc(CN(C(=O)c3ccco3)C(C)C)cc2)cc1. The number of aryl methyl sites for hydroxylation is 1. The minimum Gasteiger partial charge on any atom is -0.459 e. The zero-order valence-corrected chi connectivity index (χ0v) is 14.9. The van der Waals surface area contributed by atoms with E-state index in [9.17, 15) is 4.79 Å². The summed E-state index contributed by atoms with van der Waals surface area (Å²) in [4.78, 5) is 14.4. The lowest BCUT2D eigenvalue weighted by Gasteiger charge is -2.26. The van der Waals surface area contributed by atoms with Gasteiger partial charge in [-0.2, -0.15) is 0 Å². The molecule has 3 nitrogen and oxygen atoms in total. The van der Waals surface area contributed by atoms with Crippen LogP contribution in [-0.2, 0) is 6.54 Å². The summed E-state index contributed by atoms with van der Waals surface area (Å²) in [6.07, 6.45) is 1.53. The Balaban J connectivity index is 1.77. The molecule has 0 bridgehead atoms. The second-order valence-electron chi connectivity index (χ2n) is 6.57. The van der Waals surface area contributed by atoms with E-state index in [1.807, 2.05) is 18.7 Å². The van der Waals surface area contributed by atoms with Crippen molar-refractivity contribution in [2.75, 3.05) is 0 Å². The van der Waals surface area contributed by atoms with Gasteiger partial charge in [0.25, 0.3) is 5.91 Å². The van der Waals surface area contributed by atoms with E-state index < -0.39 is 0 Å². The topological polar surface area (TPSA) is 33.5 Å².